The summed E-state index contributed by atoms with van der Waals surface area (Å²) in [5.74, 6) is 0.395. The van der Waals surface area contributed by atoms with Crippen LogP contribution in [0.25, 0.3) is 22.6 Å². The maximum atomic E-state index is 12.2. The number of hydrogen-bond acceptors (Lipinski definition) is 7. The lowest BCUT2D eigenvalue weighted by molar-refractivity contribution is -0.143. The quantitative estimate of drug-likeness (QED) is 0.636. The second kappa shape index (κ2) is 7.99. The molecule has 156 valence electrons. The Hall–Kier alpha value is -3.06. The van der Waals surface area contributed by atoms with E-state index in [2.05, 4.69) is 27.3 Å². The number of nitrogens with one attached hydrogen (secondary N) is 1. The Morgan fingerprint density at radius 2 is 2.07 bits per heavy atom. The summed E-state index contributed by atoms with van der Waals surface area (Å²) in [4.78, 5) is 19.2. The minimum Gasteiger partial charge on any atom is -0.466 e. The Kier molecular flexibility index (Phi) is 5.04. The molecule has 7 nitrogen and oxygen atoms in total. The highest BCUT2D eigenvalue weighted by Gasteiger charge is 2.36. The van der Waals surface area contributed by atoms with Crippen LogP contribution in [-0.4, -0.2) is 43.0 Å². The van der Waals surface area contributed by atoms with E-state index < -0.39 is 0 Å². The van der Waals surface area contributed by atoms with Crippen molar-refractivity contribution in [3.05, 3.63) is 42.5 Å². The van der Waals surface area contributed by atoms with Gasteiger partial charge >= 0.3 is 5.97 Å². The number of hydrogen-bond donors (Lipinski definition) is 1. The molecule has 0 radical (unpaired) electrons. The van der Waals surface area contributed by atoms with Crippen molar-refractivity contribution >= 4 is 28.4 Å². The van der Waals surface area contributed by atoms with Gasteiger partial charge in [-0.15, -0.1) is 0 Å². The predicted octanol–water partition coefficient (Wildman–Crippen LogP) is 4.19. The molecule has 1 saturated heterocycles. The maximum absolute atomic E-state index is 12.2. The van der Waals surface area contributed by atoms with Gasteiger partial charge in [0.1, 0.15) is 11.7 Å². The zero-order valence-electron chi connectivity index (χ0n) is 17.0. The molecular weight excluding hydrogens is 382 g/mol. The topological polar surface area (TPSA) is 76.8 Å². The lowest BCUT2D eigenvalue weighted by Crippen LogP contribution is -2.47. The summed E-state index contributed by atoms with van der Waals surface area (Å²) in [6.07, 6.45) is 2.03. The van der Waals surface area contributed by atoms with Gasteiger partial charge in [-0.25, -0.2) is 4.98 Å². The molecule has 0 bridgehead atoms. The second-order valence-corrected chi connectivity index (χ2v) is 7.64. The van der Waals surface area contributed by atoms with E-state index in [1.165, 1.54) is 0 Å². The Morgan fingerprint density at radius 3 is 2.87 bits per heavy atom. The number of rotatable bonds is 5. The zero-order valence-corrected chi connectivity index (χ0v) is 17.0. The van der Waals surface area contributed by atoms with E-state index in [1.54, 1.807) is 0 Å². The number of benzene rings is 2. The first-order chi connectivity index (χ1) is 14.7. The first-order valence-corrected chi connectivity index (χ1v) is 10.5. The van der Waals surface area contributed by atoms with E-state index in [0.717, 1.165) is 54.1 Å². The van der Waals surface area contributed by atoms with E-state index in [-0.39, 0.29) is 18.6 Å². The van der Waals surface area contributed by atoms with Crippen molar-refractivity contribution in [2.75, 3.05) is 30.0 Å². The molecule has 2 aliphatic heterocycles. The molecule has 0 aliphatic carbocycles. The molecule has 1 atom stereocenters. The van der Waals surface area contributed by atoms with Crippen LogP contribution in [0.15, 0.2) is 46.9 Å². The Morgan fingerprint density at radius 1 is 1.23 bits per heavy atom. The van der Waals surface area contributed by atoms with Gasteiger partial charge in [0.2, 0.25) is 5.89 Å². The number of ether oxygens (including phenoxy) is 2. The number of fused-ring (bicyclic) bond motifs is 2. The first-order valence-electron chi connectivity index (χ1n) is 10.5. The van der Waals surface area contributed by atoms with Crippen LogP contribution in [0, 0.1) is 0 Å². The number of carbonyl (C=O) groups is 1. The number of para-hydroxylation sites is 2. The van der Waals surface area contributed by atoms with E-state index in [0.29, 0.717) is 18.5 Å². The van der Waals surface area contributed by atoms with Crippen LogP contribution in [0.2, 0.25) is 0 Å². The van der Waals surface area contributed by atoms with E-state index in [1.807, 2.05) is 37.3 Å². The smallest absolute Gasteiger partial charge is 0.309 e. The molecule has 3 heterocycles. The summed E-state index contributed by atoms with van der Waals surface area (Å²) in [5, 5.41) is 3.53. The van der Waals surface area contributed by atoms with Gasteiger partial charge in [-0.1, -0.05) is 12.1 Å². The fourth-order valence-electron chi connectivity index (χ4n) is 4.36. The molecule has 1 aromatic heterocycles. The summed E-state index contributed by atoms with van der Waals surface area (Å²) >= 11 is 0. The molecule has 7 heteroatoms. The standard InChI is InChI=1S/C23H25N3O4/c1-2-29-22(27)14-21-24-18-13-15(23-25-17-5-3-4-6-20(17)30-23)7-8-19(18)26(21)16-9-11-28-12-10-16/h3-8,13,16,21,24H,2,9-12,14H2,1H3. The van der Waals surface area contributed by atoms with Gasteiger partial charge < -0.3 is 24.1 Å². The molecule has 0 spiro atoms. The van der Waals surface area contributed by atoms with Gasteiger partial charge in [-0.3, -0.25) is 4.79 Å². The molecule has 3 aromatic rings. The summed E-state index contributed by atoms with van der Waals surface area (Å²) < 4.78 is 16.7. The molecule has 30 heavy (non-hydrogen) atoms. The summed E-state index contributed by atoms with van der Waals surface area (Å²) in [7, 11) is 0. The normalized spacial score (nSPS) is 19.0. The van der Waals surface area contributed by atoms with E-state index in [4.69, 9.17) is 13.9 Å². The molecular formula is C23H25N3O4. The molecule has 1 fully saturated rings. The Bertz CT molecular complexity index is 1020. The predicted molar refractivity (Wildman–Crippen MR) is 114 cm³/mol. The maximum Gasteiger partial charge on any atom is 0.309 e. The van der Waals surface area contributed by atoms with E-state index >= 15 is 0 Å². The monoisotopic (exact) mass is 407 g/mol. The third-order valence-corrected chi connectivity index (χ3v) is 5.72. The number of anilines is 2. The fraction of sp³-hybridized carbons (Fsp3) is 0.391. The van der Waals surface area contributed by atoms with Crippen LogP contribution in [0.5, 0.6) is 0 Å². The molecule has 1 unspecified atom stereocenters. The van der Waals surface area contributed by atoms with Crippen LogP contribution >= 0.6 is 0 Å². The van der Waals surface area contributed by atoms with Crippen LogP contribution in [0.3, 0.4) is 0 Å². The zero-order chi connectivity index (χ0) is 20.5. The van der Waals surface area contributed by atoms with Gasteiger partial charge in [-0.2, -0.15) is 0 Å². The highest BCUT2D eigenvalue weighted by atomic mass is 16.5. The molecule has 2 aromatic carbocycles. The number of esters is 1. The van der Waals surface area contributed by atoms with Crippen molar-refractivity contribution in [3.63, 3.8) is 0 Å². The van der Waals surface area contributed by atoms with Crippen molar-refractivity contribution < 1.29 is 18.7 Å². The van der Waals surface area contributed by atoms with Crippen molar-refractivity contribution in [2.24, 2.45) is 0 Å². The Labute approximate surface area is 175 Å². The number of carbonyl (C=O) groups excluding carboxylic acids is 1. The van der Waals surface area contributed by atoms with Crippen molar-refractivity contribution in [2.45, 2.75) is 38.4 Å². The number of aromatic nitrogens is 1. The second-order valence-electron chi connectivity index (χ2n) is 7.64. The van der Waals surface area contributed by atoms with Crippen LogP contribution in [-0.2, 0) is 14.3 Å². The molecule has 5 rings (SSSR count). The van der Waals surface area contributed by atoms with Gasteiger partial charge in [0.05, 0.1) is 24.4 Å². The molecule has 1 N–H and O–H groups in total. The van der Waals surface area contributed by atoms with Crippen LogP contribution < -0.4 is 10.2 Å². The van der Waals surface area contributed by atoms with E-state index in [9.17, 15) is 4.79 Å². The fourth-order valence-corrected chi connectivity index (χ4v) is 4.36. The summed E-state index contributed by atoms with van der Waals surface area (Å²) in [6, 6.07) is 14.2. The van der Waals surface area contributed by atoms with Crippen molar-refractivity contribution in [1.29, 1.82) is 0 Å². The largest absolute Gasteiger partial charge is 0.466 e. The van der Waals surface area contributed by atoms with Crippen molar-refractivity contribution in [1.82, 2.24) is 4.98 Å². The summed E-state index contributed by atoms with van der Waals surface area (Å²) in [6.45, 7) is 3.70. The van der Waals surface area contributed by atoms with Gasteiger partial charge in [-0.05, 0) is 50.1 Å². The third kappa shape index (κ3) is 3.50. The Balaban J connectivity index is 1.47. The molecule has 2 aliphatic rings. The average molecular weight is 407 g/mol. The SMILES string of the molecule is CCOC(=O)CC1Nc2cc(-c3nc4ccccc4o3)ccc2N1C1CCOCC1. The van der Waals surface area contributed by atoms with Crippen molar-refractivity contribution in [3.8, 4) is 11.5 Å². The number of nitrogens with zero attached hydrogens (tertiary/aromatic N) is 2. The highest BCUT2D eigenvalue weighted by molar-refractivity contribution is 5.84. The van der Waals surface area contributed by atoms with Crippen LogP contribution in [0.4, 0.5) is 11.4 Å². The highest BCUT2D eigenvalue weighted by Crippen LogP contribution is 2.41. The van der Waals surface area contributed by atoms with Gasteiger partial charge in [0.15, 0.2) is 5.58 Å². The van der Waals surface area contributed by atoms with Crippen LogP contribution in [0.1, 0.15) is 26.2 Å². The minimum absolute atomic E-state index is 0.138. The molecule has 0 amide bonds. The average Bonchev–Trinajstić information content (AvgIpc) is 3.35. The first kappa shape index (κ1) is 18.9. The molecule has 0 saturated carbocycles. The van der Waals surface area contributed by atoms with Gasteiger partial charge in [0.25, 0.3) is 0 Å². The minimum atomic E-state index is -0.195. The third-order valence-electron chi connectivity index (χ3n) is 5.72. The summed E-state index contributed by atoms with van der Waals surface area (Å²) in [5.41, 5.74) is 4.59. The lowest BCUT2D eigenvalue weighted by atomic mass is 10.0. The lowest BCUT2D eigenvalue weighted by Gasteiger charge is -2.36. The number of oxazole rings is 1. The van der Waals surface area contributed by atoms with Gasteiger partial charge in [0, 0.05) is 24.8 Å².